The van der Waals surface area contributed by atoms with Crippen LogP contribution in [-0.2, 0) is 86.4 Å². The van der Waals surface area contributed by atoms with Crippen molar-refractivity contribution in [3.05, 3.63) is 108 Å². The number of ether oxygens (including phenoxy) is 10. The van der Waals surface area contributed by atoms with Crippen LogP contribution in [0.4, 0.5) is 0 Å². The Bertz CT molecular complexity index is 1670. The zero-order valence-electron chi connectivity index (χ0n) is 31.5. The molecular weight excluding hydrogens is 716 g/mol. The van der Waals surface area contributed by atoms with Gasteiger partial charge in [-0.25, -0.2) is 0 Å². The first kappa shape index (κ1) is 41.5. The molecule has 0 amide bonds. The van der Waals surface area contributed by atoms with Crippen LogP contribution >= 0.6 is 0 Å². The van der Waals surface area contributed by atoms with E-state index >= 15 is 0 Å². The maximum Gasteiger partial charge on any atom is 0.305 e. The van der Waals surface area contributed by atoms with Crippen LogP contribution in [0.1, 0.15) is 51.3 Å². The third kappa shape index (κ3) is 12.1. The van der Waals surface area contributed by atoms with E-state index in [0.717, 1.165) is 37.5 Å². The quantitative estimate of drug-likeness (QED) is 0.147. The van der Waals surface area contributed by atoms with Crippen LogP contribution in [-0.4, -0.2) is 91.9 Å². The molecule has 0 radical (unpaired) electrons. The van der Waals surface area contributed by atoms with Crippen LogP contribution in [0.5, 0.6) is 0 Å². The molecule has 5 rings (SSSR count). The van der Waals surface area contributed by atoms with Crippen molar-refractivity contribution in [3.8, 4) is 0 Å². The summed E-state index contributed by atoms with van der Waals surface area (Å²) >= 11 is 0. The first-order valence-electron chi connectivity index (χ1n) is 18.1. The van der Waals surface area contributed by atoms with Gasteiger partial charge >= 0.3 is 23.9 Å². The third-order valence-corrected chi connectivity index (χ3v) is 8.80. The van der Waals surface area contributed by atoms with Gasteiger partial charge in [0.2, 0.25) is 6.29 Å². The summed E-state index contributed by atoms with van der Waals surface area (Å²) in [4.78, 5) is 49.3. The molecule has 296 valence electrons. The summed E-state index contributed by atoms with van der Waals surface area (Å²) in [5.74, 6) is -2.92. The summed E-state index contributed by atoms with van der Waals surface area (Å²) in [7, 11) is 0. The Morgan fingerprint density at radius 2 is 0.945 bits per heavy atom. The number of carbonyl (C=O) groups excluding carboxylic acids is 4. The topological polar surface area (TPSA) is 161 Å². The molecule has 0 unspecified atom stereocenters. The van der Waals surface area contributed by atoms with Crippen molar-refractivity contribution in [2.75, 3.05) is 6.61 Å². The highest BCUT2D eigenvalue weighted by molar-refractivity contribution is 5.68. The summed E-state index contributed by atoms with van der Waals surface area (Å²) in [5.41, 5.74) is 2.68. The highest BCUT2D eigenvalue weighted by Gasteiger charge is 2.56. The predicted octanol–water partition coefficient (Wildman–Crippen LogP) is 4.59. The second-order valence-corrected chi connectivity index (χ2v) is 13.2. The highest BCUT2D eigenvalue weighted by Crippen LogP contribution is 2.36. The van der Waals surface area contributed by atoms with Gasteiger partial charge in [0.05, 0.1) is 25.9 Å². The molecule has 3 aromatic carbocycles. The average molecular weight is 765 g/mol. The molecule has 0 aromatic heterocycles. The molecule has 0 spiro atoms. The van der Waals surface area contributed by atoms with Crippen molar-refractivity contribution in [3.63, 3.8) is 0 Å². The van der Waals surface area contributed by atoms with E-state index in [0.29, 0.717) is 0 Å². The van der Waals surface area contributed by atoms with E-state index in [2.05, 4.69) is 0 Å². The van der Waals surface area contributed by atoms with E-state index in [4.69, 9.17) is 47.4 Å². The minimum atomic E-state index is -1.56. The lowest BCUT2D eigenvalue weighted by molar-refractivity contribution is -0.370. The molecule has 0 bridgehead atoms. The van der Waals surface area contributed by atoms with Crippen molar-refractivity contribution in [1.29, 1.82) is 0 Å². The van der Waals surface area contributed by atoms with E-state index in [1.54, 1.807) is 6.92 Å². The van der Waals surface area contributed by atoms with Gasteiger partial charge in [0, 0.05) is 27.7 Å². The Labute approximate surface area is 320 Å². The van der Waals surface area contributed by atoms with Gasteiger partial charge in [0.25, 0.3) is 0 Å². The van der Waals surface area contributed by atoms with Crippen LogP contribution in [0.2, 0.25) is 0 Å². The van der Waals surface area contributed by atoms with Crippen LogP contribution < -0.4 is 0 Å². The van der Waals surface area contributed by atoms with E-state index in [-0.39, 0.29) is 19.8 Å². The fourth-order valence-electron chi connectivity index (χ4n) is 6.41. The lowest BCUT2D eigenvalue weighted by atomic mass is 9.96. The predicted molar refractivity (Wildman–Crippen MR) is 192 cm³/mol. The van der Waals surface area contributed by atoms with Crippen LogP contribution in [0.25, 0.3) is 0 Å². The number of hydrogen-bond donors (Lipinski definition) is 0. The van der Waals surface area contributed by atoms with E-state index < -0.39 is 91.9 Å². The summed E-state index contributed by atoms with van der Waals surface area (Å²) in [6.07, 6.45) is -11.5. The van der Waals surface area contributed by atoms with Gasteiger partial charge in [0.1, 0.15) is 31.0 Å². The van der Waals surface area contributed by atoms with Gasteiger partial charge in [-0.1, -0.05) is 91.0 Å². The van der Waals surface area contributed by atoms with Crippen molar-refractivity contribution in [2.45, 2.75) is 116 Å². The second kappa shape index (κ2) is 20.3. The number of hydrogen-bond acceptors (Lipinski definition) is 14. The number of rotatable bonds is 16. The summed E-state index contributed by atoms with van der Waals surface area (Å²) < 4.78 is 61.2. The summed E-state index contributed by atoms with van der Waals surface area (Å²) in [5, 5.41) is 0. The molecule has 2 saturated heterocycles. The minimum absolute atomic E-state index is 0.113. The first-order valence-corrected chi connectivity index (χ1v) is 18.1. The maximum atomic E-state index is 12.6. The Hall–Kier alpha value is -4.70. The van der Waals surface area contributed by atoms with Crippen LogP contribution in [0, 0.1) is 0 Å². The Morgan fingerprint density at radius 3 is 1.42 bits per heavy atom. The maximum absolute atomic E-state index is 12.6. The summed E-state index contributed by atoms with van der Waals surface area (Å²) in [6.45, 7) is 6.59. The molecule has 14 heteroatoms. The lowest BCUT2D eigenvalue weighted by Gasteiger charge is -2.49. The fraction of sp³-hybridized carbons (Fsp3) is 0.463. The average Bonchev–Trinajstić information content (AvgIpc) is 3.15. The second-order valence-electron chi connectivity index (χ2n) is 13.2. The van der Waals surface area contributed by atoms with Gasteiger partial charge in [-0.05, 0) is 23.6 Å². The lowest BCUT2D eigenvalue weighted by Crippen LogP contribution is -2.66. The van der Waals surface area contributed by atoms with E-state index in [1.807, 2.05) is 91.0 Å². The van der Waals surface area contributed by atoms with Crippen molar-refractivity contribution >= 4 is 23.9 Å². The largest absolute Gasteiger partial charge is 0.463 e. The SMILES string of the molecule is CC(=O)OC[C@@H]1O[C@H](OC(C)=O)[C@@H](O[C@H]2O[C@@H](C)[C@@H](OCc3ccccc3)[C@H](OCc3ccccc3)[C@@H]2OCc2ccccc2)[C@@H](OC(C)=O)[C@H]1OC(C)=O. The molecule has 10 atom stereocenters. The van der Waals surface area contributed by atoms with Gasteiger partial charge in [-0.2, -0.15) is 0 Å². The zero-order chi connectivity index (χ0) is 39.3. The highest BCUT2D eigenvalue weighted by atomic mass is 16.8. The Balaban J connectivity index is 1.53. The van der Waals surface area contributed by atoms with Crippen molar-refractivity contribution in [2.24, 2.45) is 0 Å². The van der Waals surface area contributed by atoms with Gasteiger partial charge in [-0.3, -0.25) is 19.2 Å². The Morgan fingerprint density at radius 1 is 0.491 bits per heavy atom. The molecule has 0 N–H and O–H groups in total. The minimum Gasteiger partial charge on any atom is -0.463 e. The van der Waals surface area contributed by atoms with Gasteiger partial charge in [-0.15, -0.1) is 0 Å². The first-order chi connectivity index (χ1) is 26.5. The van der Waals surface area contributed by atoms with E-state index in [1.165, 1.54) is 6.92 Å². The van der Waals surface area contributed by atoms with Crippen molar-refractivity contribution < 1.29 is 66.5 Å². The Kier molecular flexibility index (Phi) is 15.3. The molecule has 2 heterocycles. The van der Waals surface area contributed by atoms with Crippen molar-refractivity contribution in [1.82, 2.24) is 0 Å². The molecule has 55 heavy (non-hydrogen) atoms. The molecule has 2 aliphatic rings. The smallest absolute Gasteiger partial charge is 0.305 e. The monoisotopic (exact) mass is 764 g/mol. The molecule has 14 nitrogen and oxygen atoms in total. The summed E-state index contributed by atoms with van der Waals surface area (Å²) in [6, 6.07) is 28.7. The molecule has 0 aliphatic carbocycles. The number of benzene rings is 3. The molecular formula is C41H48O14. The molecule has 3 aromatic rings. The van der Waals surface area contributed by atoms with Crippen LogP contribution in [0.3, 0.4) is 0 Å². The standard InChI is InChI=1S/C41H48O14/c1-25-34(47-21-30-15-9-6-10-16-30)36(48-22-31-17-11-7-12-18-31)38(49-23-32-19-13-8-14-20-32)40(50-25)55-39-37(52-28(4)44)35(51-27(3)43)33(24-46-26(2)42)54-41(39)53-29(5)45/h6-20,25,33-41H,21-24H2,1-5H3/t25-,33-,34+,35-,36-,37-,38-,39-,40+,41-/m0/s1. The zero-order valence-corrected chi connectivity index (χ0v) is 31.5. The fourth-order valence-corrected chi connectivity index (χ4v) is 6.41. The van der Waals surface area contributed by atoms with Gasteiger partial charge < -0.3 is 47.4 Å². The van der Waals surface area contributed by atoms with Gasteiger partial charge in [0.15, 0.2) is 24.6 Å². The third-order valence-electron chi connectivity index (χ3n) is 8.80. The molecule has 2 aliphatic heterocycles. The van der Waals surface area contributed by atoms with E-state index in [9.17, 15) is 19.2 Å². The number of carbonyl (C=O) groups is 4. The molecule has 0 saturated carbocycles. The van der Waals surface area contributed by atoms with Crippen LogP contribution in [0.15, 0.2) is 91.0 Å². The number of esters is 4. The normalized spacial score (nSPS) is 27.7. The molecule has 2 fully saturated rings.